The average molecular weight is 359 g/mol. The van der Waals surface area contributed by atoms with E-state index in [0.717, 1.165) is 57.1 Å². The van der Waals surface area contributed by atoms with Gasteiger partial charge in [0.2, 0.25) is 10.0 Å². The summed E-state index contributed by atoms with van der Waals surface area (Å²) in [5.41, 5.74) is 2.89. The second kappa shape index (κ2) is 7.86. The first kappa shape index (κ1) is 18.6. The van der Waals surface area contributed by atoms with Crippen molar-refractivity contribution in [3.63, 3.8) is 0 Å². The largest absolute Gasteiger partial charge is 0.303 e. The number of hydrogen-bond acceptors (Lipinski definition) is 3. The van der Waals surface area contributed by atoms with Gasteiger partial charge in [-0.2, -0.15) is 0 Å². The fourth-order valence-corrected chi connectivity index (χ4v) is 4.48. The van der Waals surface area contributed by atoms with Crippen molar-refractivity contribution in [3.8, 4) is 0 Å². The molecule has 1 aromatic rings. The number of rotatable bonds is 8. The van der Waals surface area contributed by atoms with Crippen LogP contribution in [0.15, 0.2) is 12.1 Å². The van der Waals surface area contributed by atoms with E-state index in [1.807, 2.05) is 6.07 Å². The number of aryl methyl sites for hydroxylation is 1. The van der Waals surface area contributed by atoms with Gasteiger partial charge in [-0.1, -0.05) is 31.5 Å². The molecular formula is C17H27ClN2O2S. The van der Waals surface area contributed by atoms with Crippen LogP contribution in [0.1, 0.15) is 50.2 Å². The van der Waals surface area contributed by atoms with E-state index in [1.54, 1.807) is 6.07 Å². The van der Waals surface area contributed by atoms with Crippen molar-refractivity contribution in [2.75, 3.05) is 30.6 Å². The minimum absolute atomic E-state index is 0.386. The van der Waals surface area contributed by atoms with Crippen molar-refractivity contribution in [1.82, 2.24) is 4.90 Å². The van der Waals surface area contributed by atoms with E-state index in [9.17, 15) is 8.42 Å². The Hall–Kier alpha value is -0.780. The lowest BCUT2D eigenvalue weighted by Crippen LogP contribution is -2.29. The second-order valence-electron chi connectivity index (χ2n) is 6.41. The molecule has 1 unspecified atom stereocenters. The first-order chi connectivity index (χ1) is 10.9. The Balaban J connectivity index is 2.25. The first-order valence-corrected chi connectivity index (χ1v) is 10.6. The van der Waals surface area contributed by atoms with Crippen molar-refractivity contribution in [1.29, 1.82) is 0 Å². The molecule has 0 fully saturated rings. The van der Waals surface area contributed by atoms with Gasteiger partial charge in [0.25, 0.3) is 0 Å². The van der Waals surface area contributed by atoms with Crippen LogP contribution in [-0.2, 0) is 16.4 Å². The van der Waals surface area contributed by atoms with Crippen LogP contribution < -0.4 is 4.72 Å². The standard InChI is InChI=1S/C17H27ClN2O2S/c1-4-10-20(11-5-2)12-14-7-6-13-8-9-15(17(18)16(13)14)19-23(3,21)22/h8-9,14,19H,4-7,10-12H2,1-3H3. The summed E-state index contributed by atoms with van der Waals surface area (Å²) in [5.74, 6) is 0.386. The van der Waals surface area contributed by atoms with E-state index in [0.29, 0.717) is 16.6 Å². The van der Waals surface area contributed by atoms with Crippen molar-refractivity contribution in [2.45, 2.75) is 45.4 Å². The molecule has 0 heterocycles. The normalized spacial score (nSPS) is 17.5. The summed E-state index contributed by atoms with van der Waals surface area (Å²) < 4.78 is 25.5. The quantitative estimate of drug-likeness (QED) is 0.767. The van der Waals surface area contributed by atoms with E-state index in [2.05, 4.69) is 23.5 Å². The highest BCUT2D eigenvalue weighted by molar-refractivity contribution is 7.92. The fraction of sp³-hybridized carbons (Fsp3) is 0.647. The predicted molar refractivity (Wildman–Crippen MR) is 98.0 cm³/mol. The van der Waals surface area contributed by atoms with Gasteiger partial charge in [-0.05, 0) is 61.9 Å². The van der Waals surface area contributed by atoms with Gasteiger partial charge in [0.1, 0.15) is 0 Å². The molecule has 0 bridgehead atoms. The maximum Gasteiger partial charge on any atom is 0.229 e. The molecule has 0 aromatic heterocycles. The minimum Gasteiger partial charge on any atom is -0.303 e. The fourth-order valence-electron chi connectivity index (χ4n) is 3.47. The number of benzene rings is 1. The van der Waals surface area contributed by atoms with Gasteiger partial charge >= 0.3 is 0 Å². The molecule has 130 valence electrons. The Morgan fingerprint density at radius 1 is 1.26 bits per heavy atom. The summed E-state index contributed by atoms with van der Waals surface area (Å²) >= 11 is 6.55. The molecular weight excluding hydrogens is 332 g/mol. The number of nitrogens with zero attached hydrogens (tertiary/aromatic N) is 1. The number of nitrogens with one attached hydrogen (secondary N) is 1. The second-order valence-corrected chi connectivity index (χ2v) is 8.54. The Kier molecular flexibility index (Phi) is 6.34. The zero-order valence-corrected chi connectivity index (χ0v) is 15.8. The van der Waals surface area contributed by atoms with Crippen molar-refractivity contribution >= 4 is 27.3 Å². The zero-order chi connectivity index (χ0) is 17.0. The molecule has 0 spiro atoms. The van der Waals surface area contributed by atoms with Crippen LogP contribution >= 0.6 is 11.6 Å². The van der Waals surface area contributed by atoms with Gasteiger partial charge in [-0.3, -0.25) is 4.72 Å². The SMILES string of the molecule is CCCN(CCC)CC1CCc2ccc(NS(C)(=O)=O)c(Cl)c21. The third-order valence-corrected chi connectivity index (χ3v) is 5.29. The van der Waals surface area contributed by atoms with Crippen molar-refractivity contribution < 1.29 is 8.42 Å². The van der Waals surface area contributed by atoms with Gasteiger partial charge in [-0.15, -0.1) is 0 Å². The Bertz CT molecular complexity index is 640. The summed E-state index contributed by atoms with van der Waals surface area (Å²) in [6, 6.07) is 3.79. The van der Waals surface area contributed by atoms with Crippen LogP contribution in [0.2, 0.25) is 5.02 Å². The monoisotopic (exact) mass is 358 g/mol. The summed E-state index contributed by atoms with van der Waals surface area (Å²) in [5, 5.41) is 0.573. The number of anilines is 1. The van der Waals surface area contributed by atoms with Crippen LogP contribution in [0.5, 0.6) is 0 Å². The predicted octanol–water partition coefficient (Wildman–Crippen LogP) is 3.86. The number of sulfonamides is 1. The molecule has 0 saturated heterocycles. The van der Waals surface area contributed by atoms with Gasteiger partial charge < -0.3 is 4.90 Å². The molecule has 23 heavy (non-hydrogen) atoms. The van der Waals surface area contributed by atoms with Crippen LogP contribution in [0.4, 0.5) is 5.69 Å². The maximum atomic E-state index is 11.5. The van der Waals surface area contributed by atoms with E-state index in [1.165, 1.54) is 5.56 Å². The lowest BCUT2D eigenvalue weighted by molar-refractivity contribution is 0.256. The van der Waals surface area contributed by atoms with Crippen molar-refractivity contribution in [2.24, 2.45) is 0 Å². The minimum atomic E-state index is -3.32. The maximum absolute atomic E-state index is 11.5. The first-order valence-electron chi connectivity index (χ1n) is 8.37. The van der Waals surface area contributed by atoms with Crippen LogP contribution in [0.25, 0.3) is 0 Å². The Morgan fingerprint density at radius 2 is 1.91 bits per heavy atom. The number of fused-ring (bicyclic) bond motifs is 1. The molecule has 0 radical (unpaired) electrons. The molecule has 1 aromatic carbocycles. The molecule has 1 atom stereocenters. The highest BCUT2D eigenvalue weighted by Crippen LogP contribution is 2.42. The van der Waals surface area contributed by atoms with Crippen LogP contribution in [0.3, 0.4) is 0 Å². The molecule has 6 heteroatoms. The summed E-state index contributed by atoms with van der Waals surface area (Å²) in [7, 11) is -3.32. The molecule has 0 amide bonds. The summed E-state index contributed by atoms with van der Waals surface area (Å²) in [4.78, 5) is 2.49. The molecule has 0 saturated carbocycles. The highest BCUT2D eigenvalue weighted by atomic mass is 35.5. The number of halogens is 1. The van der Waals surface area contributed by atoms with Gasteiger partial charge in [-0.25, -0.2) is 8.42 Å². The average Bonchev–Trinajstić information content (AvgIpc) is 2.85. The topological polar surface area (TPSA) is 49.4 Å². The molecule has 4 nitrogen and oxygen atoms in total. The van der Waals surface area contributed by atoms with Crippen LogP contribution in [0, 0.1) is 0 Å². The summed E-state index contributed by atoms with van der Waals surface area (Å²) in [6.07, 6.45) is 5.54. The number of hydrogen-bond donors (Lipinski definition) is 1. The smallest absolute Gasteiger partial charge is 0.229 e. The lowest BCUT2D eigenvalue weighted by Gasteiger charge is -2.26. The van der Waals surface area contributed by atoms with E-state index in [-0.39, 0.29) is 0 Å². The van der Waals surface area contributed by atoms with E-state index in [4.69, 9.17) is 11.6 Å². The van der Waals surface area contributed by atoms with Crippen LogP contribution in [-0.4, -0.2) is 39.2 Å². The molecule has 1 aliphatic rings. The molecule has 1 N–H and O–H groups in total. The van der Waals surface area contributed by atoms with Crippen molar-refractivity contribution in [3.05, 3.63) is 28.3 Å². The van der Waals surface area contributed by atoms with Gasteiger partial charge in [0.15, 0.2) is 0 Å². The Labute approximate surface area is 145 Å². The molecule has 1 aliphatic carbocycles. The third-order valence-electron chi connectivity index (χ3n) is 4.29. The van der Waals surface area contributed by atoms with Gasteiger partial charge in [0, 0.05) is 6.54 Å². The zero-order valence-electron chi connectivity index (χ0n) is 14.2. The van der Waals surface area contributed by atoms with E-state index >= 15 is 0 Å². The Morgan fingerprint density at radius 3 is 2.48 bits per heavy atom. The highest BCUT2D eigenvalue weighted by Gasteiger charge is 2.28. The molecule has 2 rings (SSSR count). The van der Waals surface area contributed by atoms with Gasteiger partial charge in [0.05, 0.1) is 17.0 Å². The van der Waals surface area contributed by atoms with E-state index < -0.39 is 10.0 Å². The third kappa shape index (κ3) is 4.85. The molecule has 0 aliphatic heterocycles. The summed E-state index contributed by atoms with van der Waals surface area (Å²) in [6.45, 7) is 7.59. The lowest BCUT2D eigenvalue weighted by atomic mass is 9.99.